The Hall–Kier alpha value is -16.4. The van der Waals surface area contributed by atoms with Crippen molar-refractivity contribution >= 4 is 78.0 Å². The normalized spacial score (nSPS) is 13.8. The molecule has 0 radical (unpaired) electrons. The Morgan fingerprint density at radius 3 is 0.909 bits per heavy atom. The van der Waals surface area contributed by atoms with Gasteiger partial charge in [-0.25, -0.2) is 0 Å². The topological polar surface area (TPSA) is 32.8 Å². The monoisotopic (exact) mass is 1690 g/mol. The second kappa shape index (κ2) is 30.7. The van der Waals surface area contributed by atoms with E-state index in [4.69, 9.17) is 8.83 Å². The van der Waals surface area contributed by atoms with Crippen molar-refractivity contribution in [2.45, 2.75) is 49.4 Å². The lowest BCUT2D eigenvalue weighted by Gasteiger charge is -2.35. The van der Waals surface area contributed by atoms with E-state index in [2.05, 4.69) is 499 Å². The van der Waals surface area contributed by atoms with Crippen LogP contribution in [-0.4, -0.2) is 0 Å². The fraction of sp³-hybridized carbons (Fsp3) is 0.0625. The molecule has 0 atom stereocenters. The average molecular weight is 1690 g/mol. The van der Waals surface area contributed by atoms with Gasteiger partial charge in [-0.2, -0.15) is 0 Å². The molecular formula is C128H90N2O2. The van der Waals surface area contributed by atoms with Gasteiger partial charge in [-0.1, -0.05) is 422 Å². The summed E-state index contributed by atoms with van der Waals surface area (Å²) in [4.78, 5) is 4.89. The van der Waals surface area contributed by atoms with E-state index in [-0.39, 0.29) is 10.8 Å². The van der Waals surface area contributed by atoms with Gasteiger partial charge in [0.25, 0.3) is 0 Å². The van der Waals surface area contributed by atoms with Gasteiger partial charge in [0.15, 0.2) is 0 Å². The number of nitrogens with zero attached hydrogens (tertiary/aromatic N) is 2. The summed E-state index contributed by atoms with van der Waals surface area (Å²) in [6.45, 7) is 9.41. The Labute approximate surface area is 769 Å². The van der Waals surface area contributed by atoms with Crippen molar-refractivity contribution in [1.29, 1.82) is 0 Å². The molecule has 132 heavy (non-hydrogen) atoms. The zero-order chi connectivity index (χ0) is 88.0. The third-order valence-corrected chi connectivity index (χ3v) is 29.2. The lowest BCUT2D eigenvalue weighted by molar-refractivity contribution is 0.660. The van der Waals surface area contributed by atoms with Crippen LogP contribution in [-0.2, 0) is 21.7 Å². The number of rotatable bonds is 14. The van der Waals surface area contributed by atoms with E-state index in [1.807, 2.05) is 12.1 Å². The molecule has 0 fully saturated rings. The summed E-state index contributed by atoms with van der Waals surface area (Å²) in [7, 11) is 0. The molecule has 0 unspecified atom stereocenters. The third kappa shape index (κ3) is 11.9. The first-order valence-electron chi connectivity index (χ1n) is 46.0. The van der Waals surface area contributed by atoms with Crippen molar-refractivity contribution in [2.24, 2.45) is 0 Å². The van der Waals surface area contributed by atoms with E-state index in [1.54, 1.807) is 0 Å². The molecule has 0 spiro atoms. The van der Waals surface area contributed by atoms with Crippen molar-refractivity contribution in [1.82, 2.24) is 0 Å². The highest BCUT2D eigenvalue weighted by molar-refractivity contribution is 6.11. The van der Waals surface area contributed by atoms with Crippen LogP contribution in [0.3, 0.4) is 0 Å². The molecule has 2 aromatic heterocycles. The molecule has 0 amide bonds. The molecule has 4 nitrogen and oxygen atoms in total. The minimum Gasteiger partial charge on any atom is -0.455 e. The van der Waals surface area contributed by atoms with Crippen molar-refractivity contribution in [2.75, 3.05) is 9.80 Å². The van der Waals surface area contributed by atoms with Crippen LogP contribution >= 0.6 is 0 Å². The van der Waals surface area contributed by atoms with Crippen LogP contribution in [0, 0.1) is 0 Å². The molecule has 624 valence electrons. The van der Waals surface area contributed by atoms with Crippen LogP contribution in [0.15, 0.2) is 482 Å². The van der Waals surface area contributed by atoms with E-state index in [0.29, 0.717) is 0 Å². The fourth-order valence-electron chi connectivity index (χ4n) is 23.2. The van der Waals surface area contributed by atoms with Crippen LogP contribution in [0.1, 0.15) is 94.5 Å². The molecule has 20 aromatic carbocycles. The van der Waals surface area contributed by atoms with E-state index < -0.39 is 10.8 Å². The SMILES string of the molecule is CC1(C)c2ccccc2-c2c(-c3ccc(N(c4ccc(-c5cccc6c5oc5ccccc56)cc4)c4ccc5c(c4)C(c4ccccc4)(c4ccccc4)c4ccccc4-5)cc3)cccc21.CC1(C)c2ccccc2-c2c(-c3ccc(N(c4ccc(-c5cccc6c5oc5ccccc56)cc4)c4cccc5c4-c4ccccc4C5(c4ccccc4)c4ccccc4)cc3)cccc21. The van der Waals surface area contributed by atoms with Crippen molar-refractivity contribution in [3.63, 3.8) is 0 Å². The summed E-state index contributed by atoms with van der Waals surface area (Å²) < 4.78 is 13.0. The minimum atomic E-state index is -0.521. The summed E-state index contributed by atoms with van der Waals surface area (Å²) in [5.74, 6) is 0. The number of furan rings is 2. The average Bonchev–Trinajstić information content (AvgIpc) is 1.53. The maximum absolute atomic E-state index is 6.53. The molecule has 4 aliphatic carbocycles. The van der Waals surface area contributed by atoms with Gasteiger partial charge in [0.1, 0.15) is 22.3 Å². The van der Waals surface area contributed by atoms with Crippen LogP contribution in [0.4, 0.5) is 34.1 Å². The van der Waals surface area contributed by atoms with E-state index >= 15 is 0 Å². The zero-order valence-corrected chi connectivity index (χ0v) is 73.7. The highest BCUT2D eigenvalue weighted by Crippen LogP contribution is 2.63. The second-order valence-electron chi connectivity index (χ2n) is 36.7. The molecule has 4 aliphatic rings. The number of para-hydroxylation sites is 4. The van der Waals surface area contributed by atoms with Crippen LogP contribution in [0.2, 0.25) is 0 Å². The maximum atomic E-state index is 6.53. The van der Waals surface area contributed by atoms with E-state index in [0.717, 1.165) is 100 Å². The first-order chi connectivity index (χ1) is 65.0. The Kier molecular flexibility index (Phi) is 18.1. The zero-order valence-electron chi connectivity index (χ0n) is 73.7. The minimum absolute atomic E-state index is 0.0667. The summed E-state index contributed by atoms with van der Waals surface area (Å²) in [6, 6.07) is 174. The number of hydrogen-bond acceptors (Lipinski definition) is 4. The molecule has 0 N–H and O–H groups in total. The molecule has 0 bridgehead atoms. The van der Waals surface area contributed by atoms with Crippen molar-refractivity contribution in [3.8, 4) is 89.0 Å². The summed E-state index contributed by atoms with van der Waals surface area (Å²) >= 11 is 0. The molecule has 0 saturated heterocycles. The first-order valence-corrected chi connectivity index (χ1v) is 46.0. The predicted octanol–water partition coefficient (Wildman–Crippen LogP) is 34.1. The van der Waals surface area contributed by atoms with Gasteiger partial charge >= 0.3 is 0 Å². The Balaban J connectivity index is 0.000000142. The van der Waals surface area contributed by atoms with E-state index in [1.165, 1.54) is 134 Å². The van der Waals surface area contributed by atoms with Crippen molar-refractivity contribution < 1.29 is 8.83 Å². The largest absolute Gasteiger partial charge is 0.455 e. The highest BCUT2D eigenvalue weighted by Gasteiger charge is 2.49. The molecule has 0 aliphatic heterocycles. The lowest BCUT2D eigenvalue weighted by atomic mass is 9.67. The summed E-state index contributed by atoms with van der Waals surface area (Å²) in [6.07, 6.45) is 0. The predicted molar refractivity (Wildman–Crippen MR) is 548 cm³/mol. The van der Waals surface area contributed by atoms with E-state index in [9.17, 15) is 0 Å². The van der Waals surface area contributed by atoms with Gasteiger partial charge in [0.05, 0.1) is 16.5 Å². The van der Waals surface area contributed by atoms with Gasteiger partial charge in [0, 0.05) is 77.5 Å². The lowest BCUT2D eigenvalue weighted by Crippen LogP contribution is -2.28. The highest BCUT2D eigenvalue weighted by atomic mass is 16.3. The first kappa shape index (κ1) is 77.9. The summed E-state index contributed by atoms with van der Waals surface area (Å²) in [5.41, 5.74) is 44.3. The Bertz CT molecular complexity index is 8130. The fourth-order valence-corrected chi connectivity index (χ4v) is 23.2. The third-order valence-electron chi connectivity index (χ3n) is 29.2. The quantitative estimate of drug-likeness (QED) is 0.109. The molecule has 26 rings (SSSR count). The second-order valence-corrected chi connectivity index (χ2v) is 36.7. The maximum Gasteiger partial charge on any atom is 0.143 e. The number of anilines is 6. The Morgan fingerprint density at radius 1 is 0.182 bits per heavy atom. The number of hydrogen-bond donors (Lipinski definition) is 0. The number of fused-ring (bicyclic) bond motifs is 18. The number of benzene rings is 20. The molecule has 22 aromatic rings. The Morgan fingerprint density at radius 2 is 0.470 bits per heavy atom. The summed E-state index contributed by atoms with van der Waals surface area (Å²) in [5, 5.41) is 4.53. The molecular weight excluding hydrogens is 1600 g/mol. The van der Waals surface area contributed by atoms with Crippen molar-refractivity contribution in [3.05, 3.63) is 540 Å². The molecule has 4 heteroatoms. The van der Waals surface area contributed by atoms with Gasteiger partial charge in [0.2, 0.25) is 0 Å². The van der Waals surface area contributed by atoms with Gasteiger partial charge < -0.3 is 18.6 Å². The molecule has 2 heterocycles. The van der Waals surface area contributed by atoms with Crippen LogP contribution < -0.4 is 9.80 Å². The van der Waals surface area contributed by atoms with Gasteiger partial charge in [-0.3, -0.25) is 0 Å². The van der Waals surface area contributed by atoms with Gasteiger partial charge in [-0.15, -0.1) is 0 Å². The van der Waals surface area contributed by atoms with Crippen LogP contribution in [0.5, 0.6) is 0 Å². The smallest absolute Gasteiger partial charge is 0.143 e. The molecule has 0 saturated carbocycles. The van der Waals surface area contributed by atoms with Gasteiger partial charge in [-0.05, 0) is 218 Å². The van der Waals surface area contributed by atoms with Crippen LogP contribution in [0.25, 0.3) is 133 Å². The standard InChI is InChI=1S/2C64H45NO/c1-63(2)56-27-12-10-23-55(56)61-49(24-16-29-58(61)63)42-31-35-46(36-32-42)65(47-37-33-43(34-38-47)50-25-15-26-54-53-22-11-14-30-60(53)66-62(50)54)48-39-40-52-51-21-9-13-28-57(51)64(59(52)41-48,44-17-5-3-6-18-44)45-19-7-4-8-20-45;1-63(2)54-28-12-9-23-52(54)60-48(25-16-30-56(60)63)42-34-38-46(39-35-42)65(47-40-36-43(37-41-47)49-26-15-27-51-50-22-11-14-33-59(50)66-62(49)51)58-32-17-31-57-61(58)53-24-10-13-29-55(53)64(57,44-18-5-3-6-19-44)45-20-7-4-8-21-45/h2*3-41H,1-2H3.